The van der Waals surface area contributed by atoms with E-state index < -0.39 is 17.4 Å². The van der Waals surface area contributed by atoms with Crippen molar-refractivity contribution in [1.29, 1.82) is 0 Å². The second-order valence-corrected chi connectivity index (χ2v) is 4.53. The summed E-state index contributed by atoms with van der Waals surface area (Å²) in [5, 5.41) is 9.49. The van der Waals surface area contributed by atoms with Crippen molar-refractivity contribution < 1.29 is 13.9 Å². The molecule has 1 heterocycles. The number of hydrogen-bond acceptors (Lipinski definition) is 2. The lowest BCUT2D eigenvalue weighted by atomic mass is 9.93. The molecule has 0 radical (unpaired) electrons. The fourth-order valence-electron chi connectivity index (χ4n) is 1.56. The molecule has 2 N–H and O–H groups in total. The Morgan fingerprint density at radius 3 is 2.33 bits per heavy atom. The Balaban J connectivity index is 2.56. The van der Waals surface area contributed by atoms with Crippen LogP contribution in [0.4, 0.5) is 0 Å². The zero-order chi connectivity index (χ0) is 9.30. The van der Waals surface area contributed by atoms with E-state index in [1.165, 1.54) is 4.31 Å². The Kier molecular flexibility index (Phi) is 3.22. The van der Waals surface area contributed by atoms with Gasteiger partial charge in [0.15, 0.2) is 0 Å². The Morgan fingerprint density at radius 1 is 1.50 bits per heavy atom. The maximum Gasteiger partial charge on any atom is 0.234 e. The summed E-state index contributed by atoms with van der Waals surface area (Å²) in [6, 6.07) is 0. The van der Waals surface area contributed by atoms with Crippen molar-refractivity contribution in [3.63, 3.8) is 0 Å². The first-order chi connectivity index (χ1) is 5.52. The van der Waals surface area contributed by atoms with Gasteiger partial charge in [0.1, 0.15) is 0 Å². The summed E-state index contributed by atoms with van der Waals surface area (Å²) in [7, 11) is 0. The zero-order valence-corrected chi connectivity index (χ0v) is 8.12. The fourth-order valence-corrected chi connectivity index (χ4v) is 2.14. The van der Waals surface area contributed by atoms with E-state index in [4.69, 9.17) is 4.55 Å². The Morgan fingerprint density at radius 2 is 2.08 bits per heavy atom. The second-order valence-electron chi connectivity index (χ2n) is 3.55. The lowest BCUT2D eigenvalue weighted by Gasteiger charge is -2.16. The Bertz CT molecular complexity index is 185. The van der Waals surface area contributed by atoms with Crippen LogP contribution < -0.4 is 0 Å². The number of β-amino-alcohol motifs (C(OH)–C–C–N with tert-alkyl or cyclic N) is 1. The molecule has 0 aromatic heterocycles. The Hall–Kier alpha value is 0.0300. The van der Waals surface area contributed by atoms with Gasteiger partial charge in [-0.15, -0.1) is 0 Å². The predicted molar refractivity (Wildman–Crippen MR) is 46.7 cm³/mol. The van der Waals surface area contributed by atoms with Crippen LogP contribution >= 0.6 is 0 Å². The maximum absolute atomic E-state index is 10.6. The van der Waals surface area contributed by atoms with Gasteiger partial charge < -0.3 is 5.11 Å². The molecule has 4 nitrogen and oxygen atoms in total. The number of hydrogen-bond donors (Lipinski definition) is 2. The molecule has 5 heteroatoms. The monoisotopic (exact) mass is 193 g/mol. The molecule has 1 aliphatic rings. The van der Waals surface area contributed by atoms with Gasteiger partial charge in [0.05, 0.1) is 6.10 Å². The average Bonchev–Trinajstić information content (AvgIpc) is 2.30. The summed E-state index contributed by atoms with van der Waals surface area (Å²) in [5.41, 5.74) is 0. The van der Waals surface area contributed by atoms with Gasteiger partial charge in [-0.2, -0.15) is 4.31 Å². The van der Waals surface area contributed by atoms with Crippen molar-refractivity contribution in [1.82, 2.24) is 4.31 Å². The van der Waals surface area contributed by atoms with Crippen molar-refractivity contribution in [2.75, 3.05) is 13.1 Å². The third kappa shape index (κ3) is 2.04. The highest BCUT2D eigenvalue weighted by Crippen LogP contribution is 2.24. The van der Waals surface area contributed by atoms with Crippen molar-refractivity contribution in [2.24, 2.45) is 11.8 Å². The summed E-state index contributed by atoms with van der Waals surface area (Å²) in [6.45, 7) is 4.85. The normalized spacial score (nSPS) is 34.4. The highest BCUT2D eigenvalue weighted by atomic mass is 32.2. The van der Waals surface area contributed by atoms with E-state index in [1.54, 1.807) is 0 Å². The van der Waals surface area contributed by atoms with Gasteiger partial charge in [-0.05, 0) is 5.92 Å². The van der Waals surface area contributed by atoms with Crippen LogP contribution in [0.25, 0.3) is 0 Å². The molecule has 3 atom stereocenters. The quantitative estimate of drug-likeness (QED) is 0.610. The van der Waals surface area contributed by atoms with Crippen LogP contribution in [0.15, 0.2) is 0 Å². The SMILES string of the molecule is CC(C)C1CN(S(=O)O)CC1O. The number of nitrogens with zero attached hydrogens (tertiary/aromatic N) is 1. The summed E-state index contributed by atoms with van der Waals surface area (Å²) < 4.78 is 20.8. The topological polar surface area (TPSA) is 60.8 Å². The van der Waals surface area contributed by atoms with Gasteiger partial charge in [-0.3, -0.25) is 4.55 Å². The number of aliphatic hydroxyl groups excluding tert-OH is 1. The van der Waals surface area contributed by atoms with Gasteiger partial charge in [0.2, 0.25) is 11.3 Å². The molecule has 0 spiro atoms. The highest BCUT2D eigenvalue weighted by Gasteiger charge is 2.35. The lowest BCUT2D eigenvalue weighted by molar-refractivity contribution is 0.122. The molecule has 1 saturated heterocycles. The van der Waals surface area contributed by atoms with Crippen molar-refractivity contribution in [3.05, 3.63) is 0 Å². The molecular weight excluding hydrogens is 178 g/mol. The Labute approximate surface area is 75.0 Å². The van der Waals surface area contributed by atoms with Crippen LogP contribution in [-0.4, -0.2) is 37.4 Å². The first-order valence-electron chi connectivity index (χ1n) is 4.06. The average molecular weight is 193 g/mol. The van der Waals surface area contributed by atoms with Crippen LogP contribution in [0.3, 0.4) is 0 Å². The molecule has 12 heavy (non-hydrogen) atoms. The maximum atomic E-state index is 10.6. The van der Waals surface area contributed by atoms with Gasteiger partial charge in [0.25, 0.3) is 0 Å². The number of aliphatic hydroxyl groups is 1. The van der Waals surface area contributed by atoms with E-state index in [-0.39, 0.29) is 5.92 Å². The molecule has 1 fully saturated rings. The van der Waals surface area contributed by atoms with Gasteiger partial charge in [-0.1, -0.05) is 13.8 Å². The van der Waals surface area contributed by atoms with Gasteiger partial charge in [-0.25, -0.2) is 4.21 Å². The first-order valence-corrected chi connectivity index (χ1v) is 5.12. The molecule has 0 aromatic rings. The van der Waals surface area contributed by atoms with Crippen LogP contribution in [0.1, 0.15) is 13.8 Å². The summed E-state index contributed by atoms with van der Waals surface area (Å²) in [5.74, 6) is 0.481. The largest absolute Gasteiger partial charge is 0.391 e. The molecule has 3 unspecified atom stereocenters. The van der Waals surface area contributed by atoms with Crippen molar-refractivity contribution in [3.8, 4) is 0 Å². The minimum Gasteiger partial charge on any atom is -0.391 e. The molecule has 0 amide bonds. The third-order valence-corrected chi connectivity index (χ3v) is 3.12. The van der Waals surface area contributed by atoms with Gasteiger partial charge >= 0.3 is 0 Å². The predicted octanol–water partition coefficient (Wildman–Crippen LogP) is 0.0718. The molecule has 1 aliphatic heterocycles. The van der Waals surface area contributed by atoms with E-state index in [0.717, 1.165) is 0 Å². The minimum atomic E-state index is -1.93. The summed E-state index contributed by atoms with van der Waals surface area (Å²) >= 11 is -1.93. The minimum absolute atomic E-state index is 0.126. The van der Waals surface area contributed by atoms with E-state index >= 15 is 0 Å². The van der Waals surface area contributed by atoms with E-state index in [0.29, 0.717) is 19.0 Å². The summed E-state index contributed by atoms with van der Waals surface area (Å²) in [4.78, 5) is 0. The van der Waals surface area contributed by atoms with Crippen LogP contribution in [0.2, 0.25) is 0 Å². The van der Waals surface area contributed by atoms with Gasteiger partial charge in [0, 0.05) is 19.0 Å². The van der Waals surface area contributed by atoms with E-state index in [2.05, 4.69) is 0 Å². The highest BCUT2D eigenvalue weighted by molar-refractivity contribution is 7.76. The first kappa shape index (κ1) is 10.1. The molecule has 0 saturated carbocycles. The fraction of sp³-hybridized carbons (Fsp3) is 1.00. The molecule has 0 aliphatic carbocycles. The second kappa shape index (κ2) is 3.83. The molecule has 1 rings (SSSR count). The van der Waals surface area contributed by atoms with E-state index in [1.807, 2.05) is 13.8 Å². The smallest absolute Gasteiger partial charge is 0.234 e. The molecular formula is C7H15NO3S. The van der Waals surface area contributed by atoms with E-state index in [9.17, 15) is 9.32 Å². The standard InChI is InChI=1S/C7H15NO3S/c1-5(2)6-3-8(12(10)11)4-7(6)9/h5-7,9H,3-4H2,1-2H3,(H,10,11). The number of rotatable bonds is 2. The molecule has 0 bridgehead atoms. The van der Waals surface area contributed by atoms with Crippen molar-refractivity contribution >= 4 is 11.3 Å². The molecule has 0 aromatic carbocycles. The third-order valence-electron chi connectivity index (χ3n) is 2.38. The van der Waals surface area contributed by atoms with Crippen molar-refractivity contribution in [2.45, 2.75) is 20.0 Å². The van der Waals surface area contributed by atoms with Crippen LogP contribution in [-0.2, 0) is 11.3 Å². The zero-order valence-electron chi connectivity index (χ0n) is 7.30. The lowest BCUT2D eigenvalue weighted by Crippen LogP contribution is -2.23. The summed E-state index contributed by atoms with van der Waals surface area (Å²) in [6.07, 6.45) is -0.457. The van der Waals surface area contributed by atoms with Crippen LogP contribution in [0, 0.1) is 11.8 Å². The van der Waals surface area contributed by atoms with Crippen LogP contribution in [0.5, 0.6) is 0 Å². The molecule has 72 valence electrons.